The molecule has 0 saturated carbocycles. The lowest BCUT2D eigenvalue weighted by Crippen LogP contribution is -2.46. The average Bonchev–Trinajstić information content (AvgIpc) is 3.26. The lowest BCUT2D eigenvalue weighted by Gasteiger charge is -2.36. The first-order valence-electron chi connectivity index (χ1n) is 11.6. The molecule has 5 rings (SSSR count). The molecule has 8 heteroatoms. The molecule has 2 aliphatic rings. The summed E-state index contributed by atoms with van der Waals surface area (Å²) in [7, 11) is 0. The lowest BCUT2D eigenvalue weighted by atomic mass is 9.82. The van der Waals surface area contributed by atoms with Crippen LogP contribution in [0.3, 0.4) is 0 Å². The first-order valence-corrected chi connectivity index (χ1v) is 12.0. The van der Waals surface area contributed by atoms with E-state index in [9.17, 15) is 9.18 Å². The van der Waals surface area contributed by atoms with Crippen LogP contribution >= 0.6 is 24.0 Å². The third-order valence-corrected chi connectivity index (χ3v) is 7.04. The van der Waals surface area contributed by atoms with E-state index in [0.29, 0.717) is 29.0 Å². The van der Waals surface area contributed by atoms with Crippen LogP contribution in [0.2, 0.25) is 5.02 Å². The highest BCUT2D eigenvalue weighted by Crippen LogP contribution is 2.36. The van der Waals surface area contributed by atoms with Gasteiger partial charge in [-0.15, -0.1) is 12.4 Å². The number of Topliss-reactive ketones (excluding diaryl/α,β-unsaturated/α-hetero) is 1. The predicted molar refractivity (Wildman–Crippen MR) is 135 cm³/mol. The second-order valence-corrected chi connectivity index (χ2v) is 9.30. The van der Waals surface area contributed by atoms with Crippen molar-refractivity contribution in [2.45, 2.75) is 25.7 Å². The number of fused-ring (bicyclic) bond motifs is 1. The Hall–Kier alpha value is -2.41. The molecule has 34 heavy (non-hydrogen) atoms. The number of hydrogen-bond donors (Lipinski definition) is 0. The van der Waals surface area contributed by atoms with Gasteiger partial charge in [-0.3, -0.25) is 9.69 Å². The van der Waals surface area contributed by atoms with Crippen LogP contribution in [0.5, 0.6) is 0 Å². The normalized spacial score (nSPS) is 18.5. The van der Waals surface area contributed by atoms with E-state index < -0.39 is 0 Å². The molecule has 0 spiro atoms. The monoisotopic (exact) mass is 503 g/mol. The Morgan fingerprint density at radius 2 is 1.88 bits per heavy atom. The van der Waals surface area contributed by atoms with Gasteiger partial charge in [-0.25, -0.2) is 4.39 Å². The van der Waals surface area contributed by atoms with Crippen LogP contribution in [0.25, 0.3) is 11.3 Å². The molecule has 180 valence electrons. The summed E-state index contributed by atoms with van der Waals surface area (Å²) in [5.41, 5.74) is 2.32. The number of piperazine rings is 1. The van der Waals surface area contributed by atoms with Gasteiger partial charge in [-0.2, -0.15) is 0 Å². The fraction of sp³-hybridized carbons (Fsp3) is 0.385. The molecule has 1 fully saturated rings. The minimum atomic E-state index is -0.388. The first-order chi connectivity index (χ1) is 16.1. The topological polar surface area (TPSA) is 49.6 Å². The summed E-state index contributed by atoms with van der Waals surface area (Å²) in [6, 6.07) is 14.4. The maximum absolute atomic E-state index is 14.3. The van der Waals surface area contributed by atoms with Crippen molar-refractivity contribution in [3.63, 3.8) is 0 Å². The summed E-state index contributed by atoms with van der Waals surface area (Å²) < 4.78 is 19.7. The summed E-state index contributed by atoms with van der Waals surface area (Å²) in [6.45, 7) is 4.91. The first kappa shape index (κ1) is 24.7. The van der Waals surface area contributed by atoms with Gasteiger partial charge in [0.15, 0.2) is 5.78 Å². The molecule has 1 aliphatic heterocycles. The quantitative estimate of drug-likeness (QED) is 0.418. The Kier molecular flexibility index (Phi) is 7.91. The van der Waals surface area contributed by atoms with Gasteiger partial charge in [0.05, 0.1) is 5.56 Å². The van der Waals surface area contributed by atoms with E-state index in [0.717, 1.165) is 57.0 Å². The van der Waals surface area contributed by atoms with Gasteiger partial charge in [0.1, 0.15) is 17.3 Å². The number of rotatable bonds is 6. The maximum Gasteiger partial charge on any atom is 0.171 e. The molecule has 2 heterocycles. The van der Waals surface area contributed by atoms with E-state index >= 15 is 0 Å². The molecule has 5 nitrogen and oxygen atoms in total. The zero-order chi connectivity index (χ0) is 22.8. The molecule has 1 aromatic heterocycles. The van der Waals surface area contributed by atoms with Crippen LogP contribution in [0.4, 0.5) is 10.1 Å². The molecular weight excluding hydrogens is 476 g/mol. The van der Waals surface area contributed by atoms with Crippen LogP contribution in [0, 0.1) is 11.7 Å². The highest BCUT2D eigenvalue weighted by atomic mass is 35.5. The van der Waals surface area contributed by atoms with Gasteiger partial charge in [0, 0.05) is 54.8 Å². The zero-order valence-corrected chi connectivity index (χ0v) is 20.5. The summed E-state index contributed by atoms with van der Waals surface area (Å²) >= 11 is 6.13. The number of carbonyl (C=O) groups is 1. The highest BCUT2D eigenvalue weighted by Gasteiger charge is 2.34. The Morgan fingerprint density at radius 3 is 2.65 bits per heavy atom. The Balaban J connectivity index is 0.00000274. The third-order valence-electron chi connectivity index (χ3n) is 6.80. The minimum Gasteiger partial charge on any atom is -0.369 e. The van der Waals surface area contributed by atoms with Crippen molar-refractivity contribution in [1.29, 1.82) is 0 Å². The number of halogens is 3. The van der Waals surface area contributed by atoms with E-state index in [1.54, 1.807) is 18.2 Å². The second kappa shape index (κ2) is 10.9. The van der Waals surface area contributed by atoms with Gasteiger partial charge in [0.2, 0.25) is 0 Å². The van der Waals surface area contributed by atoms with Crippen molar-refractivity contribution < 1.29 is 13.7 Å². The Labute approximate surface area is 210 Å². The molecular formula is C26H28Cl2FN3O2. The molecule has 1 aliphatic carbocycles. The minimum absolute atomic E-state index is 0. The molecule has 0 N–H and O–H groups in total. The molecule has 0 radical (unpaired) electrons. The number of benzene rings is 2. The molecule has 1 atom stereocenters. The van der Waals surface area contributed by atoms with Crippen LogP contribution in [-0.4, -0.2) is 48.6 Å². The van der Waals surface area contributed by atoms with Gasteiger partial charge >= 0.3 is 0 Å². The van der Waals surface area contributed by atoms with E-state index in [1.807, 2.05) is 18.2 Å². The van der Waals surface area contributed by atoms with Crippen molar-refractivity contribution in [1.82, 2.24) is 10.1 Å². The second-order valence-electron chi connectivity index (χ2n) is 8.86. The van der Waals surface area contributed by atoms with Crippen LogP contribution < -0.4 is 4.90 Å². The van der Waals surface area contributed by atoms with Crippen LogP contribution in [0.1, 0.15) is 35.4 Å². The van der Waals surface area contributed by atoms with Crippen molar-refractivity contribution in [2.75, 3.05) is 37.6 Å². The predicted octanol–water partition coefficient (Wildman–Crippen LogP) is 5.90. The molecule has 3 aromatic rings. The molecule has 2 aromatic carbocycles. The summed E-state index contributed by atoms with van der Waals surface area (Å²) in [5, 5.41) is 4.81. The molecule has 1 saturated heterocycles. The number of carbonyl (C=O) groups excluding carboxylic acids is 1. The average molecular weight is 504 g/mol. The van der Waals surface area contributed by atoms with Gasteiger partial charge in [-0.1, -0.05) is 35.0 Å². The fourth-order valence-electron chi connectivity index (χ4n) is 4.97. The summed E-state index contributed by atoms with van der Waals surface area (Å²) in [4.78, 5) is 18.1. The Bertz CT molecular complexity index is 1140. The third kappa shape index (κ3) is 5.14. The molecule has 0 bridgehead atoms. The van der Waals surface area contributed by atoms with Crippen LogP contribution in [0.15, 0.2) is 53.1 Å². The van der Waals surface area contributed by atoms with Gasteiger partial charge < -0.3 is 9.42 Å². The smallest absolute Gasteiger partial charge is 0.171 e. The standard InChI is InChI=1S/C26H27ClFN3O2.ClH/c27-19-6-3-7-20(17-19)31-15-13-30(14-16-31)12-4-5-18-10-11-23-24(26(18)32)25(29-33-23)21-8-1-2-9-22(21)28;/h1-3,6-9,17-18H,4-5,10-16H2;1H. The van der Waals surface area contributed by atoms with E-state index in [-0.39, 0.29) is 29.9 Å². The fourth-order valence-corrected chi connectivity index (χ4v) is 5.15. The van der Waals surface area contributed by atoms with Crippen molar-refractivity contribution in [3.8, 4) is 11.3 Å². The largest absolute Gasteiger partial charge is 0.369 e. The summed E-state index contributed by atoms with van der Waals surface area (Å²) in [5.74, 6) is 0.184. The Morgan fingerprint density at radius 1 is 1.09 bits per heavy atom. The van der Waals surface area contributed by atoms with Crippen molar-refractivity contribution in [3.05, 3.63) is 70.7 Å². The van der Waals surface area contributed by atoms with Crippen molar-refractivity contribution in [2.24, 2.45) is 5.92 Å². The number of aromatic nitrogens is 1. The number of ketones is 1. The number of nitrogens with zero attached hydrogens (tertiary/aromatic N) is 3. The summed E-state index contributed by atoms with van der Waals surface area (Å²) in [6.07, 6.45) is 3.23. The number of aryl methyl sites for hydroxylation is 1. The van der Waals surface area contributed by atoms with E-state index in [2.05, 4.69) is 21.0 Å². The number of hydrogen-bond acceptors (Lipinski definition) is 5. The number of anilines is 1. The van der Waals surface area contributed by atoms with E-state index in [4.69, 9.17) is 16.1 Å². The van der Waals surface area contributed by atoms with Crippen LogP contribution in [-0.2, 0) is 6.42 Å². The SMILES string of the molecule is Cl.O=C1c2c(-c3ccccc3F)noc2CCC1CCCN1CCN(c2cccc(Cl)c2)CC1. The van der Waals surface area contributed by atoms with Gasteiger partial charge in [0.25, 0.3) is 0 Å². The zero-order valence-electron chi connectivity index (χ0n) is 18.9. The molecule has 1 unspecified atom stereocenters. The lowest BCUT2D eigenvalue weighted by molar-refractivity contribution is 0.0884. The van der Waals surface area contributed by atoms with Gasteiger partial charge in [-0.05, 0) is 56.1 Å². The molecule has 0 amide bonds. The van der Waals surface area contributed by atoms with Crippen molar-refractivity contribution >= 4 is 35.5 Å². The highest BCUT2D eigenvalue weighted by molar-refractivity contribution is 6.30. The van der Waals surface area contributed by atoms with E-state index in [1.165, 1.54) is 11.8 Å². The maximum atomic E-state index is 14.3.